The third kappa shape index (κ3) is 2.57. The van der Waals surface area contributed by atoms with Crippen molar-refractivity contribution in [3.05, 3.63) is 53.1 Å². The van der Waals surface area contributed by atoms with Gasteiger partial charge in [0.1, 0.15) is 5.82 Å². The highest BCUT2D eigenvalue weighted by Crippen LogP contribution is 2.23. The predicted octanol–water partition coefficient (Wildman–Crippen LogP) is 3.32. The molecular weight excluding hydrogens is 259 g/mol. The largest absolute Gasteiger partial charge is 0.476 e. The zero-order valence-electron chi connectivity index (χ0n) is 9.02. The molecule has 6 heteroatoms. The number of hydrogen-bond acceptors (Lipinski definition) is 3. The number of nitrogens with zero attached hydrogens (tertiary/aromatic N) is 1. The quantitative estimate of drug-likeness (QED) is 0.895. The van der Waals surface area contributed by atoms with Crippen LogP contribution in [0.15, 0.2) is 36.5 Å². The molecule has 2 aromatic rings. The molecule has 4 nitrogen and oxygen atoms in total. The second kappa shape index (κ2) is 5.01. The first kappa shape index (κ1) is 12.3. The van der Waals surface area contributed by atoms with Crippen molar-refractivity contribution in [2.24, 2.45) is 0 Å². The minimum absolute atomic E-state index is 0.0410. The first-order valence-corrected chi connectivity index (χ1v) is 5.36. The third-order valence-electron chi connectivity index (χ3n) is 2.21. The molecule has 0 saturated heterocycles. The molecule has 0 spiro atoms. The van der Waals surface area contributed by atoms with Gasteiger partial charge in [0, 0.05) is 11.9 Å². The Morgan fingerprint density at radius 1 is 1.39 bits per heavy atom. The summed E-state index contributed by atoms with van der Waals surface area (Å²) < 4.78 is 13.0. The minimum atomic E-state index is -1.15. The minimum Gasteiger partial charge on any atom is -0.476 e. The summed E-state index contributed by atoms with van der Waals surface area (Å²) in [6.45, 7) is 0. The fourth-order valence-electron chi connectivity index (χ4n) is 1.41. The van der Waals surface area contributed by atoms with Crippen LogP contribution in [0.25, 0.3) is 0 Å². The summed E-state index contributed by atoms with van der Waals surface area (Å²) in [6.07, 6.45) is 1.38. The average molecular weight is 267 g/mol. The Hall–Kier alpha value is -2.14. The van der Waals surface area contributed by atoms with E-state index in [4.69, 9.17) is 16.7 Å². The number of hydrogen-bond donors (Lipinski definition) is 2. The first-order valence-electron chi connectivity index (χ1n) is 4.98. The maximum absolute atomic E-state index is 13.0. The van der Waals surface area contributed by atoms with Gasteiger partial charge in [-0.15, -0.1) is 0 Å². The number of anilines is 2. The molecule has 0 saturated carbocycles. The van der Waals surface area contributed by atoms with E-state index in [-0.39, 0.29) is 10.7 Å². The summed E-state index contributed by atoms with van der Waals surface area (Å²) in [4.78, 5) is 14.7. The van der Waals surface area contributed by atoms with Crippen LogP contribution in [0.1, 0.15) is 10.5 Å². The van der Waals surface area contributed by atoms with Crippen LogP contribution in [0.2, 0.25) is 5.02 Å². The Labute approximate surface area is 107 Å². The van der Waals surface area contributed by atoms with Crippen LogP contribution >= 0.6 is 11.6 Å². The molecule has 0 amide bonds. The lowest BCUT2D eigenvalue weighted by molar-refractivity contribution is 0.0691. The van der Waals surface area contributed by atoms with Crippen molar-refractivity contribution in [2.45, 2.75) is 0 Å². The Morgan fingerprint density at radius 2 is 2.17 bits per heavy atom. The summed E-state index contributed by atoms with van der Waals surface area (Å²) in [5, 5.41) is 11.7. The molecule has 1 aromatic heterocycles. The number of benzene rings is 1. The predicted molar refractivity (Wildman–Crippen MR) is 65.9 cm³/mol. The second-order valence-electron chi connectivity index (χ2n) is 3.46. The lowest BCUT2D eigenvalue weighted by Gasteiger charge is -2.09. The standard InChI is InChI=1S/C12H8ClFN2O2/c13-8-6-7(3-4-9(8)14)16-10-2-1-5-15-11(10)12(17)18/h1-6,16H,(H,17,18). The van der Waals surface area contributed by atoms with Crippen molar-refractivity contribution < 1.29 is 14.3 Å². The van der Waals surface area contributed by atoms with E-state index in [9.17, 15) is 9.18 Å². The molecule has 0 unspecified atom stereocenters. The van der Waals surface area contributed by atoms with Gasteiger partial charge < -0.3 is 10.4 Å². The molecule has 0 aliphatic carbocycles. The molecule has 1 heterocycles. The highest BCUT2D eigenvalue weighted by atomic mass is 35.5. The van der Waals surface area contributed by atoms with Gasteiger partial charge in [0.25, 0.3) is 0 Å². The Balaban J connectivity index is 2.34. The Kier molecular flexibility index (Phi) is 3.43. The third-order valence-corrected chi connectivity index (χ3v) is 2.50. The van der Waals surface area contributed by atoms with E-state index in [0.717, 1.165) is 0 Å². The fraction of sp³-hybridized carbons (Fsp3) is 0. The lowest BCUT2D eigenvalue weighted by atomic mass is 10.2. The number of aromatic carboxylic acids is 1. The molecule has 0 aliphatic rings. The maximum atomic E-state index is 13.0. The summed E-state index contributed by atoms with van der Waals surface area (Å²) in [5.41, 5.74) is 0.683. The van der Waals surface area contributed by atoms with E-state index < -0.39 is 11.8 Å². The van der Waals surface area contributed by atoms with E-state index in [2.05, 4.69) is 10.3 Å². The van der Waals surface area contributed by atoms with Gasteiger partial charge in [0.15, 0.2) is 5.69 Å². The van der Waals surface area contributed by atoms with Crippen molar-refractivity contribution in [1.29, 1.82) is 0 Å². The SMILES string of the molecule is O=C(O)c1ncccc1Nc1ccc(F)c(Cl)c1. The molecular formula is C12H8ClFN2O2. The molecule has 0 aliphatic heterocycles. The van der Waals surface area contributed by atoms with Gasteiger partial charge in [-0.25, -0.2) is 14.2 Å². The number of nitrogens with one attached hydrogen (secondary N) is 1. The average Bonchev–Trinajstić information content (AvgIpc) is 2.34. The van der Waals surface area contributed by atoms with E-state index in [0.29, 0.717) is 11.4 Å². The van der Waals surface area contributed by atoms with E-state index in [1.54, 1.807) is 12.1 Å². The van der Waals surface area contributed by atoms with Crippen LogP contribution in [0.4, 0.5) is 15.8 Å². The lowest BCUT2D eigenvalue weighted by Crippen LogP contribution is -2.05. The summed E-state index contributed by atoms with van der Waals surface area (Å²) in [6, 6.07) is 7.18. The van der Waals surface area contributed by atoms with Crippen LogP contribution in [0, 0.1) is 5.82 Å². The number of rotatable bonds is 3. The van der Waals surface area contributed by atoms with Crippen molar-refractivity contribution in [2.75, 3.05) is 5.32 Å². The van der Waals surface area contributed by atoms with Gasteiger partial charge in [-0.3, -0.25) is 0 Å². The van der Waals surface area contributed by atoms with Crippen molar-refractivity contribution in [1.82, 2.24) is 4.98 Å². The summed E-state index contributed by atoms with van der Waals surface area (Å²) in [5.74, 6) is -1.68. The normalized spacial score (nSPS) is 10.1. The Morgan fingerprint density at radius 3 is 2.83 bits per heavy atom. The van der Waals surface area contributed by atoms with Crippen molar-refractivity contribution in [3.8, 4) is 0 Å². The molecule has 0 fully saturated rings. The number of halogens is 2. The summed E-state index contributed by atoms with van der Waals surface area (Å²) in [7, 11) is 0. The van der Waals surface area contributed by atoms with Crippen molar-refractivity contribution >= 4 is 28.9 Å². The molecule has 2 rings (SSSR count). The van der Waals surface area contributed by atoms with Crippen LogP contribution < -0.4 is 5.32 Å². The zero-order chi connectivity index (χ0) is 13.1. The number of aromatic nitrogens is 1. The topological polar surface area (TPSA) is 62.2 Å². The maximum Gasteiger partial charge on any atom is 0.356 e. The van der Waals surface area contributed by atoms with Crippen LogP contribution in [-0.4, -0.2) is 16.1 Å². The van der Waals surface area contributed by atoms with Gasteiger partial charge in [0.2, 0.25) is 0 Å². The number of carbonyl (C=O) groups is 1. The summed E-state index contributed by atoms with van der Waals surface area (Å²) >= 11 is 5.64. The monoisotopic (exact) mass is 266 g/mol. The van der Waals surface area contributed by atoms with Gasteiger partial charge >= 0.3 is 5.97 Å². The number of carboxylic acid groups (broad SMARTS) is 1. The van der Waals surface area contributed by atoms with Gasteiger partial charge in [0.05, 0.1) is 10.7 Å². The Bertz CT molecular complexity index is 604. The molecule has 0 radical (unpaired) electrons. The second-order valence-corrected chi connectivity index (χ2v) is 3.87. The van der Waals surface area contributed by atoms with Crippen LogP contribution in [0.3, 0.4) is 0 Å². The van der Waals surface area contributed by atoms with Crippen molar-refractivity contribution in [3.63, 3.8) is 0 Å². The van der Waals surface area contributed by atoms with Gasteiger partial charge in [-0.1, -0.05) is 11.6 Å². The smallest absolute Gasteiger partial charge is 0.356 e. The first-order chi connectivity index (χ1) is 8.58. The highest BCUT2D eigenvalue weighted by molar-refractivity contribution is 6.31. The van der Waals surface area contributed by atoms with Gasteiger partial charge in [-0.2, -0.15) is 0 Å². The molecule has 0 bridgehead atoms. The van der Waals surface area contributed by atoms with Crippen LogP contribution in [-0.2, 0) is 0 Å². The number of carboxylic acids is 1. The molecule has 0 atom stereocenters. The van der Waals surface area contributed by atoms with Crippen LogP contribution in [0.5, 0.6) is 0 Å². The van der Waals surface area contributed by atoms with E-state index >= 15 is 0 Å². The van der Waals surface area contributed by atoms with Gasteiger partial charge in [-0.05, 0) is 30.3 Å². The highest BCUT2D eigenvalue weighted by Gasteiger charge is 2.11. The van der Waals surface area contributed by atoms with E-state index in [1.165, 1.54) is 24.4 Å². The fourth-order valence-corrected chi connectivity index (χ4v) is 1.59. The number of pyridine rings is 1. The molecule has 92 valence electrons. The van der Waals surface area contributed by atoms with E-state index in [1.807, 2.05) is 0 Å². The molecule has 1 aromatic carbocycles. The molecule has 2 N–H and O–H groups in total. The zero-order valence-corrected chi connectivity index (χ0v) is 9.78. The molecule has 18 heavy (non-hydrogen) atoms.